The number of ether oxygens (including phenoxy) is 1. The molecule has 3 aromatic carbocycles. The van der Waals surface area contributed by atoms with Crippen LogP contribution in [0, 0.1) is 0 Å². The quantitative estimate of drug-likeness (QED) is 0.520. The van der Waals surface area contributed by atoms with Gasteiger partial charge in [0.05, 0.1) is 11.7 Å². The van der Waals surface area contributed by atoms with Crippen LogP contribution < -0.4 is 15.0 Å². The van der Waals surface area contributed by atoms with E-state index >= 15 is 0 Å². The number of hydrogen-bond donors (Lipinski definition) is 1. The van der Waals surface area contributed by atoms with Crippen molar-refractivity contribution in [3.8, 4) is 5.75 Å². The highest BCUT2D eigenvalue weighted by Gasteiger charge is 2.36. The van der Waals surface area contributed by atoms with E-state index in [4.69, 9.17) is 0 Å². The summed E-state index contributed by atoms with van der Waals surface area (Å²) in [5.74, 6) is -0.598. The highest BCUT2D eigenvalue weighted by Crippen LogP contribution is 2.36. The zero-order valence-electron chi connectivity index (χ0n) is 17.2. The van der Waals surface area contributed by atoms with E-state index in [1.165, 1.54) is 24.3 Å². The lowest BCUT2D eigenvalue weighted by Crippen LogP contribution is -2.33. The average Bonchev–Trinajstić information content (AvgIpc) is 3.10. The van der Waals surface area contributed by atoms with Crippen molar-refractivity contribution in [1.82, 2.24) is 5.32 Å². The van der Waals surface area contributed by atoms with Gasteiger partial charge in [-0.1, -0.05) is 60.7 Å². The topological polar surface area (TPSA) is 41.6 Å². The number of hydrogen-bond acceptors (Lipinski definition) is 3. The molecule has 1 heterocycles. The van der Waals surface area contributed by atoms with Gasteiger partial charge in [0.1, 0.15) is 5.75 Å². The van der Waals surface area contributed by atoms with Crippen molar-refractivity contribution >= 4 is 11.6 Å². The van der Waals surface area contributed by atoms with Gasteiger partial charge in [0.25, 0.3) is 5.91 Å². The fourth-order valence-corrected chi connectivity index (χ4v) is 3.71. The maximum Gasteiger partial charge on any atom is 0.573 e. The largest absolute Gasteiger partial charge is 0.573 e. The number of alkyl halides is 3. The monoisotopic (exact) mass is 438 g/mol. The van der Waals surface area contributed by atoms with Crippen molar-refractivity contribution < 1.29 is 22.7 Å². The molecule has 0 radical (unpaired) electrons. The molecule has 164 valence electrons. The predicted octanol–water partition coefficient (Wildman–Crippen LogP) is 5.91. The Morgan fingerprint density at radius 2 is 1.50 bits per heavy atom. The third kappa shape index (κ3) is 4.77. The molecule has 0 bridgehead atoms. The van der Waals surface area contributed by atoms with Gasteiger partial charge in [0.2, 0.25) is 0 Å². The first-order valence-electron chi connectivity index (χ1n) is 10.1. The molecule has 1 N–H and O–H groups in total. The Morgan fingerprint density at radius 3 is 2.09 bits per heavy atom. The highest BCUT2D eigenvalue weighted by molar-refractivity contribution is 6.08. The molecule has 0 aliphatic carbocycles. The lowest BCUT2D eigenvalue weighted by Gasteiger charge is -2.26. The van der Waals surface area contributed by atoms with E-state index in [0.29, 0.717) is 11.4 Å². The molecule has 3 aromatic rings. The van der Waals surface area contributed by atoms with Crippen LogP contribution in [0.25, 0.3) is 0 Å². The van der Waals surface area contributed by atoms with Crippen molar-refractivity contribution in [2.75, 3.05) is 4.90 Å². The minimum absolute atomic E-state index is 0.106. The second-order valence-corrected chi connectivity index (χ2v) is 7.43. The van der Waals surface area contributed by atoms with Gasteiger partial charge in [-0.25, -0.2) is 0 Å². The molecule has 32 heavy (non-hydrogen) atoms. The summed E-state index contributed by atoms with van der Waals surface area (Å²) in [6.07, 6.45) is -2.93. The number of amides is 1. The minimum Gasteiger partial charge on any atom is -0.406 e. The summed E-state index contributed by atoms with van der Waals surface area (Å²) >= 11 is 0. The SMILES string of the molecule is CC(NC1=CC(c2ccccc2)N(c2ccc(OC(F)(F)F)cc2)C1=O)c1ccccc1. The summed E-state index contributed by atoms with van der Waals surface area (Å²) in [5, 5.41) is 3.28. The normalized spacial score (nSPS) is 17.1. The highest BCUT2D eigenvalue weighted by atomic mass is 19.4. The van der Waals surface area contributed by atoms with E-state index in [1.807, 2.05) is 73.7 Å². The van der Waals surface area contributed by atoms with Gasteiger partial charge in [0.15, 0.2) is 0 Å². The van der Waals surface area contributed by atoms with Gasteiger partial charge in [-0.2, -0.15) is 0 Å². The first-order valence-corrected chi connectivity index (χ1v) is 10.1. The van der Waals surface area contributed by atoms with Gasteiger partial charge in [-0.15, -0.1) is 13.2 Å². The Hall–Kier alpha value is -3.74. The van der Waals surface area contributed by atoms with Gasteiger partial charge in [-0.05, 0) is 48.4 Å². The van der Waals surface area contributed by atoms with Crippen LogP contribution in [0.5, 0.6) is 5.75 Å². The van der Waals surface area contributed by atoms with Crippen LogP contribution in [0.1, 0.15) is 30.1 Å². The Kier molecular flexibility index (Phi) is 5.90. The molecule has 0 saturated carbocycles. The zero-order valence-corrected chi connectivity index (χ0v) is 17.2. The molecule has 4 rings (SSSR count). The Balaban J connectivity index is 1.63. The summed E-state index contributed by atoms with van der Waals surface area (Å²) in [6.45, 7) is 1.97. The number of rotatable bonds is 6. The number of carbonyl (C=O) groups excluding carboxylic acids is 1. The summed E-state index contributed by atoms with van der Waals surface area (Å²) in [7, 11) is 0. The first kappa shape index (κ1) is 21.5. The Morgan fingerprint density at radius 1 is 0.906 bits per heavy atom. The summed E-state index contributed by atoms with van der Waals surface area (Å²) in [4.78, 5) is 14.9. The molecule has 0 fully saturated rings. The molecular weight excluding hydrogens is 417 g/mol. The van der Waals surface area contributed by atoms with Crippen LogP contribution in [-0.2, 0) is 4.79 Å². The zero-order chi connectivity index (χ0) is 22.7. The number of carbonyl (C=O) groups is 1. The van der Waals surface area contributed by atoms with Gasteiger partial charge < -0.3 is 10.1 Å². The van der Waals surface area contributed by atoms with Crippen LogP contribution in [0.15, 0.2) is 96.7 Å². The molecule has 0 saturated heterocycles. The van der Waals surface area contributed by atoms with Crippen molar-refractivity contribution in [3.63, 3.8) is 0 Å². The van der Waals surface area contributed by atoms with Crippen molar-refractivity contribution in [1.29, 1.82) is 0 Å². The number of anilines is 1. The van der Waals surface area contributed by atoms with Gasteiger partial charge in [-0.3, -0.25) is 9.69 Å². The molecule has 2 unspecified atom stereocenters. The predicted molar refractivity (Wildman–Crippen MR) is 116 cm³/mol. The fraction of sp³-hybridized carbons (Fsp3) is 0.160. The fourth-order valence-electron chi connectivity index (χ4n) is 3.71. The summed E-state index contributed by atoms with van der Waals surface area (Å²) in [5.41, 5.74) is 2.83. The van der Waals surface area contributed by atoms with Crippen molar-refractivity contribution in [2.45, 2.75) is 25.4 Å². The smallest absolute Gasteiger partial charge is 0.406 e. The van der Waals surface area contributed by atoms with Crippen molar-refractivity contribution in [3.05, 3.63) is 108 Å². The summed E-state index contributed by atoms with van der Waals surface area (Å²) in [6, 6.07) is 24.0. The Bertz CT molecular complexity index is 1100. The van der Waals surface area contributed by atoms with E-state index in [0.717, 1.165) is 11.1 Å². The molecule has 1 aliphatic heterocycles. The third-order valence-electron chi connectivity index (χ3n) is 5.21. The minimum atomic E-state index is -4.77. The first-order chi connectivity index (χ1) is 15.3. The average molecular weight is 438 g/mol. The van der Waals surface area contributed by atoms with Crippen LogP contribution in [0.2, 0.25) is 0 Å². The van der Waals surface area contributed by atoms with E-state index in [2.05, 4.69) is 10.1 Å². The number of nitrogens with zero attached hydrogens (tertiary/aromatic N) is 1. The van der Waals surface area contributed by atoms with E-state index in [9.17, 15) is 18.0 Å². The van der Waals surface area contributed by atoms with Crippen LogP contribution >= 0.6 is 0 Å². The molecule has 0 spiro atoms. The van der Waals surface area contributed by atoms with E-state index in [-0.39, 0.29) is 17.7 Å². The van der Waals surface area contributed by atoms with Crippen molar-refractivity contribution in [2.24, 2.45) is 0 Å². The van der Waals surface area contributed by atoms with Gasteiger partial charge in [0, 0.05) is 11.7 Å². The second-order valence-electron chi connectivity index (χ2n) is 7.43. The summed E-state index contributed by atoms with van der Waals surface area (Å²) < 4.78 is 41.4. The molecule has 7 heteroatoms. The number of halogens is 3. The van der Waals surface area contributed by atoms with Crippen LogP contribution in [0.3, 0.4) is 0 Å². The maximum atomic E-state index is 13.4. The lowest BCUT2D eigenvalue weighted by molar-refractivity contribution is -0.274. The lowest BCUT2D eigenvalue weighted by atomic mass is 10.1. The third-order valence-corrected chi connectivity index (χ3v) is 5.21. The molecule has 1 amide bonds. The standard InChI is InChI=1S/C25H21F3N2O2/c1-17(18-8-4-2-5-9-18)29-22-16-23(19-10-6-3-7-11-19)30(24(22)31)20-12-14-21(15-13-20)32-25(26,27)28/h2-17,23,29H,1H3. The van der Waals surface area contributed by atoms with Gasteiger partial charge >= 0.3 is 6.36 Å². The number of benzene rings is 3. The molecule has 1 aliphatic rings. The molecular formula is C25H21F3N2O2. The number of nitrogens with one attached hydrogen (secondary N) is 1. The van der Waals surface area contributed by atoms with E-state index in [1.54, 1.807) is 4.90 Å². The molecule has 0 aromatic heterocycles. The molecule has 2 atom stereocenters. The second kappa shape index (κ2) is 8.78. The van der Waals surface area contributed by atoms with E-state index < -0.39 is 12.4 Å². The van der Waals surface area contributed by atoms with Crippen LogP contribution in [0.4, 0.5) is 18.9 Å². The van der Waals surface area contributed by atoms with Crippen LogP contribution in [-0.4, -0.2) is 12.3 Å². The maximum absolute atomic E-state index is 13.4. The Labute approximate surface area is 183 Å². The molecule has 4 nitrogen and oxygen atoms in total.